The first-order valence-corrected chi connectivity index (χ1v) is 9.25. The van der Waals surface area contributed by atoms with E-state index in [1.807, 2.05) is 0 Å². The SMILES string of the molecule is CC(=O)Nc1ccnc(-n2ncnc2[C@H](C)NC(=O)c2cc(Cl)cc(C(F)(F)F)c2)c1. The molecule has 162 valence electrons. The van der Waals surface area contributed by atoms with Crippen molar-refractivity contribution in [3.8, 4) is 5.82 Å². The third-order valence-electron chi connectivity index (χ3n) is 4.08. The summed E-state index contributed by atoms with van der Waals surface area (Å²) in [5.74, 6) is -0.438. The second kappa shape index (κ2) is 8.72. The van der Waals surface area contributed by atoms with Gasteiger partial charge in [0.2, 0.25) is 5.91 Å². The standard InChI is InChI=1S/C19H16ClF3N6O2/c1-10(27-18(31)12-5-13(19(21,22)23)7-14(20)6-12)17-25-9-26-29(17)16-8-15(3-4-24-16)28-11(2)30/h3-10H,1-2H3,(H,27,31)(H,24,28,30)/t10-/m0/s1. The predicted octanol–water partition coefficient (Wildman–Crippen LogP) is 3.78. The van der Waals surface area contributed by atoms with Crippen LogP contribution in [0.5, 0.6) is 0 Å². The first-order valence-electron chi connectivity index (χ1n) is 8.87. The predicted molar refractivity (Wildman–Crippen MR) is 106 cm³/mol. The molecule has 2 N–H and O–H groups in total. The number of rotatable bonds is 5. The molecule has 0 saturated heterocycles. The number of halogens is 4. The summed E-state index contributed by atoms with van der Waals surface area (Å²) in [6, 6.07) is 5.00. The van der Waals surface area contributed by atoms with E-state index in [1.54, 1.807) is 19.1 Å². The van der Waals surface area contributed by atoms with E-state index in [2.05, 4.69) is 25.7 Å². The lowest BCUT2D eigenvalue weighted by Gasteiger charge is -2.16. The second-order valence-corrected chi connectivity index (χ2v) is 6.97. The van der Waals surface area contributed by atoms with Crippen molar-refractivity contribution in [2.45, 2.75) is 26.1 Å². The van der Waals surface area contributed by atoms with Gasteiger partial charge in [-0.05, 0) is 31.2 Å². The van der Waals surface area contributed by atoms with E-state index in [0.29, 0.717) is 11.5 Å². The number of hydrogen-bond acceptors (Lipinski definition) is 5. The topological polar surface area (TPSA) is 102 Å². The zero-order chi connectivity index (χ0) is 22.8. The van der Waals surface area contributed by atoms with E-state index in [9.17, 15) is 22.8 Å². The Hall–Kier alpha value is -3.47. The van der Waals surface area contributed by atoms with Crippen molar-refractivity contribution in [1.82, 2.24) is 25.1 Å². The number of hydrogen-bond donors (Lipinski definition) is 2. The van der Waals surface area contributed by atoms with E-state index in [4.69, 9.17) is 11.6 Å². The molecule has 2 aromatic heterocycles. The van der Waals surface area contributed by atoms with Gasteiger partial charge in [-0.15, -0.1) is 0 Å². The number of benzene rings is 1. The third-order valence-corrected chi connectivity index (χ3v) is 4.30. The Labute approximate surface area is 179 Å². The molecule has 3 aromatic rings. The molecule has 0 aliphatic rings. The molecule has 1 aromatic carbocycles. The molecule has 3 rings (SSSR count). The van der Waals surface area contributed by atoms with Gasteiger partial charge >= 0.3 is 6.18 Å². The van der Waals surface area contributed by atoms with Crippen LogP contribution in [-0.4, -0.2) is 31.6 Å². The fraction of sp³-hybridized carbons (Fsp3) is 0.211. The van der Waals surface area contributed by atoms with Crippen LogP contribution < -0.4 is 10.6 Å². The normalized spacial score (nSPS) is 12.3. The van der Waals surface area contributed by atoms with Crippen molar-refractivity contribution in [3.63, 3.8) is 0 Å². The Bertz CT molecular complexity index is 1130. The molecule has 0 radical (unpaired) electrons. The smallest absolute Gasteiger partial charge is 0.342 e. The molecule has 0 bridgehead atoms. The number of pyridine rings is 1. The largest absolute Gasteiger partial charge is 0.416 e. The average molecular weight is 453 g/mol. The third kappa shape index (κ3) is 5.37. The Balaban J connectivity index is 1.84. The van der Waals surface area contributed by atoms with Crippen LogP contribution in [0.3, 0.4) is 0 Å². The number of carbonyl (C=O) groups excluding carboxylic acids is 2. The highest BCUT2D eigenvalue weighted by molar-refractivity contribution is 6.31. The summed E-state index contributed by atoms with van der Waals surface area (Å²) < 4.78 is 40.4. The minimum atomic E-state index is -4.64. The molecule has 12 heteroatoms. The highest BCUT2D eigenvalue weighted by Crippen LogP contribution is 2.32. The van der Waals surface area contributed by atoms with Crippen LogP contribution in [0.15, 0.2) is 42.9 Å². The minimum absolute atomic E-state index is 0.213. The molecule has 2 amide bonds. The zero-order valence-electron chi connectivity index (χ0n) is 16.2. The summed E-state index contributed by atoms with van der Waals surface area (Å²) in [6.07, 6.45) is -1.94. The Morgan fingerprint density at radius 3 is 2.58 bits per heavy atom. The number of nitrogens with zero attached hydrogens (tertiary/aromatic N) is 4. The fourth-order valence-corrected chi connectivity index (χ4v) is 3.00. The van der Waals surface area contributed by atoms with Gasteiger partial charge in [0.1, 0.15) is 6.33 Å². The molecule has 31 heavy (non-hydrogen) atoms. The van der Waals surface area contributed by atoms with Gasteiger partial charge in [-0.2, -0.15) is 23.0 Å². The fourth-order valence-electron chi connectivity index (χ4n) is 2.77. The number of carbonyl (C=O) groups is 2. The van der Waals surface area contributed by atoms with Gasteiger partial charge in [0, 0.05) is 35.5 Å². The summed E-state index contributed by atoms with van der Waals surface area (Å²) in [6.45, 7) is 2.95. The highest BCUT2D eigenvalue weighted by atomic mass is 35.5. The lowest BCUT2D eigenvalue weighted by molar-refractivity contribution is -0.137. The van der Waals surface area contributed by atoms with Crippen molar-refractivity contribution < 1.29 is 22.8 Å². The van der Waals surface area contributed by atoms with E-state index in [0.717, 1.165) is 18.2 Å². The van der Waals surface area contributed by atoms with Crippen LogP contribution in [-0.2, 0) is 11.0 Å². The lowest BCUT2D eigenvalue weighted by Crippen LogP contribution is -2.29. The maximum Gasteiger partial charge on any atom is 0.416 e. The van der Waals surface area contributed by atoms with Crippen molar-refractivity contribution in [3.05, 3.63) is 64.8 Å². The van der Waals surface area contributed by atoms with Crippen molar-refractivity contribution in [2.75, 3.05) is 5.32 Å². The van der Waals surface area contributed by atoms with Gasteiger partial charge < -0.3 is 10.6 Å². The summed E-state index contributed by atoms with van der Waals surface area (Å²) in [4.78, 5) is 32.1. The maximum absolute atomic E-state index is 13.0. The first kappa shape index (κ1) is 22.2. The van der Waals surface area contributed by atoms with Gasteiger partial charge in [-0.1, -0.05) is 11.6 Å². The molecule has 1 atom stereocenters. The van der Waals surface area contributed by atoms with Gasteiger partial charge in [-0.25, -0.2) is 9.97 Å². The number of anilines is 1. The molecule has 8 nitrogen and oxygen atoms in total. The van der Waals surface area contributed by atoms with Crippen LogP contribution >= 0.6 is 11.6 Å². The number of aromatic nitrogens is 4. The van der Waals surface area contributed by atoms with Crippen LogP contribution in [0.25, 0.3) is 5.82 Å². The Morgan fingerprint density at radius 2 is 1.90 bits per heavy atom. The summed E-state index contributed by atoms with van der Waals surface area (Å²) in [5, 5.41) is 9.06. The second-order valence-electron chi connectivity index (χ2n) is 6.54. The first-order chi connectivity index (χ1) is 14.5. The average Bonchev–Trinajstić information content (AvgIpc) is 3.16. The molecule has 0 fully saturated rings. The highest BCUT2D eigenvalue weighted by Gasteiger charge is 2.32. The summed E-state index contributed by atoms with van der Waals surface area (Å²) in [7, 11) is 0. The molecular formula is C19H16ClF3N6O2. The van der Waals surface area contributed by atoms with Gasteiger partial charge in [-0.3, -0.25) is 9.59 Å². The van der Waals surface area contributed by atoms with E-state index >= 15 is 0 Å². The van der Waals surface area contributed by atoms with E-state index < -0.39 is 23.7 Å². The lowest BCUT2D eigenvalue weighted by atomic mass is 10.1. The van der Waals surface area contributed by atoms with Crippen molar-refractivity contribution >= 4 is 29.1 Å². The van der Waals surface area contributed by atoms with Crippen LogP contribution in [0.2, 0.25) is 5.02 Å². The number of amides is 2. The van der Waals surface area contributed by atoms with Crippen LogP contribution in [0.1, 0.15) is 41.6 Å². The molecule has 0 saturated carbocycles. The monoisotopic (exact) mass is 452 g/mol. The molecule has 0 spiro atoms. The Kier molecular flexibility index (Phi) is 6.25. The summed E-state index contributed by atoms with van der Waals surface area (Å²) >= 11 is 5.75. The molecular weight excluding hydrogens is 437 g/mol. The van der Waals surface area contributed by atoms with E-state index in [-0.39, 0.29) is 22.3 Å². The number of alkyl halides is 3. The van der Waals surface area contributed by atoms with Crippen molar-refractivity contribution in [1.29, 1.82) is 0 Å². The quantitative estimate of drug-likeness (QED) is 0.613. The van der Waals surface area contributed by atoms with E-state index in [1.165, 1.54) is 24.1 Å². The molecule has 0 unspecified atom stereocenters. The van der Waals surface area contributed by atoms with Crippen LogP contribution in [0, 0.1) is 0 Å². The maximum atomic E-state index is 13.0. The molecule has 2 heterocycles. The summed E-state index contributed by atoms with van der Waals surface area (Å²) in [5.41, 5.74) is -0.794. The zero-order valence-corrected chi connectivity index (χ0v) is 17.0. The number of nitrogens with one attached hydrogen (secondary N) is 2. The minimum Gasteiger partial charge on any atom is -0.342 e. The van der Waals surface area contributed by atoms with Gasteiger partial charge in [0.25, 0.3) is 5.91 Å². The van der Waals surface area contributed by atoms with Gasteiger partial charge in [0.05, 0.1) is 11.6 Å². The van der Waals surface area contributed by atoms with Crippen molar-refractivity contribution in [2.24, 2.45) is 0 Å². The van der Waals surface area contributed by atoms with Crippen LogP contribution in [0.4, 0.5) is 18.9 Å². The molecule has 0 aliphatic heterocycles. The van der Waals surface area contributed by atoms with Gasteiger partial charge in [0.15, 0.2) is 11.6 Å². The Morgan fingerprint density at radius 1 is 1.16 bits per heavy atom. The molecule has 0 aliphatic carbocycles.